The zero-order chi connectivity index (χ0) is 21.9. The number of thioether (sulfide) groups is 1. The van der Waals surface area contributed by atoms with Crippen LogP contribution in [-0.4, -0.2) is 21.6 Å². The molecule has 4 aromatic rings. The second kappa shape index (κ2) is 8.85. The van der Waals surface area contributed by atoms with Crippen LogP contribution in [0.2, 0.25) is 0 Å². The lowest BCUT2D eigenvalue weighted by Crippen LogP contribution is -2.28. The predicted molar refractivity (Wildman–Crippen MR) is 128 cm³/mol. The lowest BCUT2D eigenvalue weighted by molar-refractivity contribution is -0.115. The van der Waals surface area contributed by atoms with Gasteiger partial charge in [0.05, 0.1) is 22.8 Å². The SMILES string of the molecule is O=C(CSc1nc(-c2ccccc2)cc(=O)[nH]1)N1c2ccccc2CCc2ccccc21. The molecule has 5 rings (SSSR count). The summed E-state index contributed by atoms with van der Waals surface area (Å²) in [5, 5.41) is 0.432. The Morgan fingerprint density at radius 1 is 0.875 bits per heavy atom. The Balaban J connectivity index is 1.44. The van der Waals surface area contributed by atoms with Gasteiger partial charge in [-0.3, -0.25) is 14.5 Å². The summed E-state index contributed by atoms with van der Waals surface area (Å²) in [6, 6.07) is 27.1. The fraction of sp³-hybridized carbons (Fsp3) is 0.115. The molecule has 1 amide bonds. The second-order valence-electron chi connectivity index (χ2n) is 7.58. The number of nitrogens with zero attached hydrogens (tertiary/aromatic N) is 2. The number of fused-ring (bicyclic) bond motifs is 2. The number of carbonyl (C=O) groups is 1. The highest BCUT2D eigenvalue weighted by molar-refractivity contribution is 7.99. The molecule has 0 bridgehead atoms. The van der Waals surface area contributed by atoms with Gasteiger partial charge in [-0.05, 0) is 36.1 Å². The minimum Gasteiger partial charge on any atom is -0.301 e. The van der Waals surface area contributed by atoms with Crippen LogP contribution < -0.4 is 10.5 Å². The molecule has 2 heterocycles. The Labute approximate surface area is 190 Å². The molecule has 0 unspecified atom stereocenters. The Hall–Kier alpha value is -3.64. The van der Waals surface area contributed by atoms with Crippen LogP contribution in [-0.2, 0) is 17.6 Å². The molecule has 1 aromatic heterocycles. The number of amides is 1. The summed E-state index contributed by atoms with van der Waals surface area (Å²) < 4.78 is 0. The first-order valence-electron chi connectivity index (χ1n) is 10.5. The molecule has 1 aliphatic rings. The van der Waals surface area contributed by atoms with E-state index in [1.54, 1.807) is 0 Å². The zero-order valence-electron chi connectivity index (χ0n) is 17.3. The van der Waals surface area contributed by atoms with E-state index in [1.807, 2.05) is 71.6 Å². The lowest BCUT2D eigenvalue weighted by atomic mass is 10.0. The highest BCUT2D eigenvalue weighted by atomic mass is 32.2. The van der Waals surface area contributed by atoms with Crippen LogP contribution >= 0.6 is 11.8 Å². The highest BCUT2D eigenvalue weighted by Gasteiger charge is 2.25. The van der Waals surface area contributed by atoms with Crippen molar-refractivity contribution >= 4 is 29.0 Å². The molecule has 0 saturated heterocycles. The largest absolute Gasteiger partial charge is 0.301 e. The topological polar surface area (TPSA) is 66.1 Å². The summed E-state index contributed by atoms with van der Waals surface area (Å²) in [4.78, 5) is 34.8. The maximum Gasteiger partial charge on any atom is 0.252 e. The van der Waals surface area contributed by atoms with E-state index in [1.165, 1.54) is 17.8 Å². The third-order valence-electron chi connectivity index (χ3n) is 5.50. The number of carbonyl (C=O) groups excluding carboxylic acids is 1. The molecule has 0 spiro atoms. The first-order valence-corrected chi connectivity index (χ1v) is 11.5. The van der Waals surface area contributed by atoms with Gasteiger partial charge in [0.2, 0.25) is 5.91 Å². The van der Waals surface area contributed by atoms with Crippen molar-refractivity contribution in [2.45, 2.75) is 18.0 Å². The van der Waals surface area contributed by atoms with E-state index in [0.717, 1.165) is 40.9 Å². The van der Waals surface area contributed by atoms with E-state index in [2.05, 4.69) is 22.1 Å². The summed E-state index contributed by atoms with van der Waals surface area (Å²) in [6.07, 6.45) is 1.77. The maximum absolute atomic E-state index is 13.5. The zero-order valence-corrected chi connectivity index (χ0v) is 18.1. The van der Waals surface area contributed by atoms with Crippen LogP contribution in [0.25, 0.3) is 11.3 Å². The molecular formula is C26H21N3O2S. The van der Waals surface area contributed by atoms with Crippen molar-refractivity contribution in [2.24, 2.45) is 0 Å². The average Bonchev–Trinajstić information content (AvgIpc) is 3.00. The van der Waals surface area contributed by atoms with Crippen molar-refractivity contribution in [3.63, 3.8) is 0 Å². The first kappa shape index (κ1) is 20.3. The molecule has 1 N–H and O–H groups in total. The summed E-state index contributed by atoms with van der Waals surface area (Å²) in [5.41, 5.74) is 5.36. The Kier molecular flexibility index (Phi) is 5.60. The van der Waals surface area contributed by atoms with Crippen molar-refractivity contribution < 1.29 is 4.79 Å². The fourth-order valence-electron chi connectivity index (χ4n) is 4.00. The molecule has 32 heavy (non-hydrogen) atoms. The normalized spacial score (nSPS) is 12.6. The van der Waals surface area contributed by atoms with Gasteiger partial charge < -0.3 is 4.98 Å². The molecule has 158 valence electrons. The van der Waals surface area contributed by atoms with Gasteiger partial charge in [-0.1, -0.05) is 78.5 Å². The number of para-hydroxylation sites is 2. The van der Waals surface area contributed by atoms with Gasteiger partial charge in [0.25, 0.3) is 5.56 Å². The molecule has 0 fully saturated rings. The third kappa shape index (κ3) is 4.09. The van der Waals surface area contributed by atoms with E-state index >= 15 is 0 Å². The Morgan fingerprint density at radius 3 is 2.12 bits per heavy atom. The molecule has 6 heteroatoms. The molecular weight excluding hydrogens is 418 g/mol. The average molecular weight is 440 g/mol. The van der Waals surface area contributed by atoms with Crippen molar-refractivity contribution in [3.05, 3.63) is 106 Å². The molecule has 0 aliphatic carbocycles. The van der Waals surface area contributed by atoms with E-state index in [4.69, 9.17) is 0 Å². The molecule has 1 aliphatic heterocycles. The molecule has 5 nitrogen and oxygen atoms in total. The van der Waals surface area contributed by atoms with Crippen LogP contribution in [0.3, 0.4) is 0 Å². The van der Waals surface area contributed by atoms with Gasteiger partial charge >= 0.3 is 0 Å². The summed E-state index contributed by atoms with van der Waals surface area (Å²) in [5.74, 6) is 0.105. The predicted octanol–water partition coefficient (Wildman–Crippen LogP) is 4.99. The second-order valence-corrected chi connectivity index (χ2v) is 8.54. The summed E-state index contributed by atoms with van der Waals surface area (Å²) in [6.45, 7) is 0. The number of hydrogen-bond donors (Lipinski definition) is 1. The quantitative estimate of drug-likeness (QED) is 0.359. The number of anilines is 2. The van der Waals surface area contributed by atoms with Crippen molar-refractivity contribution in [1.82, 2.24) is 9.97 Å². The molecule has 0 radical (unpaired) electrons. The van der Waals surface area contributed by atoms with Gasteiger partial charge in [0.1, 0.15) is 0 Å². The standard InChI is InChI=1S/C26H21N3O2S/c30-24-16-21(18-8-2-1-3-9-18)27-26(28-24)32-17-25(31)29-22-12-6-4-10-19(22)14-15-20-11-5-7-13-23(20)29/h1-13,16H,14-15,17H2,(H,27,28,30). The van der Waals surface area contributed by atoms with Gasteiger partial charge in [0, 0.05) is 11.6 Å². The number of hydrogen-bond acceptors (Lipinski definition) is 4. The molecule has 0 saturated carbocycles. The monoisotopic (exact) mass is 439 g/mol. The number of benzene rings is 3. The third-order valence-corrected chi connectivity index (χ3v) is 6.36. The van der Waals surface area contributed by atoms with Gasteiger partial charge in [-0.2, -0.15) is 0 Å². The lowest BCUT2D eigenvalue weighted by Gasteiger charge is -2.24. The maximum atomic E-state index is 13.5. The van der Waals surface area contributed by atoms with E-state index in [-0.39, 0.29) is 17.2 Å². The van der Waals surface area contributed by atoms with E-state index in [9.17, 15) is 9.59 Å². The van der Waals surface area contributed by atoms with Crippen LogP contribution in [0.15, 0.2) is 94.9 Å². The Bertz CT molecular complexity index is 1290. The minimum atomic E-state index is -0.237. The van der Waals surface area contributed by atoms with E-state index < -0.39 is 0 Å². The number of nitrogens with one attached hydrogen (secondary N) is 1. The van der Waals surface area contributed by atoms with Gasteiger partial charge in [-0.15, -0.1) is 0 Å². The van der Waals surface area contributed by atoms with Crippen LogP contribution in [0, 0.1) is 0 Å². The highest BCUT2D eigenvalue weighted by Crippen LogP contribution is 2.36. The molecule has 3 aromatic carbocycles. The van der Waals surface area contributed by atoms with Gasteiger partial charge in [-0.25, -0.2) is 4.98 Å². The minimum absolute atomic E-state index is 0.0513. The summed E-state index contributed by atoms with van der Waals surface area (Å²) >= 11 is 1.24. The van der Waals surface area contributed by atoms with Crippen LogP contribution in [0.1, 0.15) is 11.1 Å². The van der Waals surface area contributed by atoms with Crippen molar-refractivity contribution in [1.29, 1.82) is 0 Å². The number of H-pyrrole nitrogens is 1. The number of aryl methyl sites for hydroxylation is 2. The first-order chi connectivity index (χ1) is 15.7. The summed E-state index contributed by atoms with van der Waals surface area (Å²) in [7, 11) is 0. The number of aromatic nitrogens is 2. The number of rotatable bonds is 4. The smallest absolute Gasteiger partial charge is 0.252 e. The van der Waals surface area contributed by atoms with Gasteiger partial charge in [0.15, 0.2) is 5.16 Å². The van der Waals surface area contributed by atoms with Crippen LogP contribution in [0.4, 0.5) is 11.4 Å². The molecule has 0 atom stereocenters. The van der Waals surface area contributed by atoms with E-state index in [0.29, 0.717) is 10.9 Å². The van der Waals surface area contributed by atoms with Crippen molar-refractivity contribution in [3.8, 4) is 11.3 Å². The fourth-order valence-corrected chi connectivity index (χ4v) is 4.73. The Morgan fingerprint density at radius 2 is 1.47 bits per heavy atom. The number of aromatic amines is 1. The van der Waals surface area contributed by atoms with Crippen molar-refractivity contribution in [2.75, 3.05) is 10.7 Å². The van der Waals surface area contributed by atoms with Crippen LogP contribution in [0.5, 0.6) is 0 Å².